The number of ether oxygens (including phenoxy) is 1. The van der Waals surface area contributed by atoms with Gasteiger partial charge in [0.05, 0.1) is 27.9 Å². The van der Waals surface area contributed by atoms with Crippen LogP contribution in [0.5, 0.6) is 0 Å². The molecule has 0 aromatic heterocycles. The molecule has 6 unspecified atom stereocenters. The van der Waals surface area contributed by atoms with E-state index < -0.39 is 0 Å². The molecule has 3 aliphatic rings. The Morgan fingerprint density at radius 2 is 2.00 bits per heavy atom. The molecule has 2 fully saturated rings. The second kappa shape index (κ2) is 7.13. The number of aliphatic imine (C=N–C) groups is 1. The SMILES string of the molecule is [CH2-][NH2+]C1(C)CCC(C2(C)CCC(C(C)(C)N=C=S)O2)C2C=C(C)CCC21. The number of fused-ring (bicyclic) bond motifs is 1. The lowest BCUT2D eigenvalue weighted by Crippen LogP contribution is -2.94. The van der Waals surface area contributed by atoms with Gasteiger partial charge in [0.1, 0.15) is 0 Å². The van der Waals surface area contributed by atoms with Gasteiger partial charge in [-0.25, -0.2) is 4.99 Å². The van der Waals surface area contributed by atoms with Crippen LogP contribution in [0.25, 0.3) is 0 Å². The maximum atomic E-state index is 6.76. The van der Waals surface area contributed by atoms with Crippen LogP contribution in [-0.4, -0.2) is 27.9 Å². The van der Waals surface area contributed by atoms with Crippen molar-refractivity contribution in [1.29, 1.82) is 0 Å². The number of hydrogen-bond acceptors (Lipinski definition) is 3. The average molecular weight is 377 g/mol. The lowest BCUT2D eigenvalue weighted by atomic mass is 9.56. The van der Waals surface area contributed by atoms with Crippen molar-refractivity contribution in [2.45, 2.75) is 95.9 Å². The van der Waals surface area contributed by atoms with E-state index in [-0.39, 0.29) is 22.8 Å². The molecular weight excluding hydrogens is 340 g/mol. The minimum absolute atomic E-state index is 0.0710. The third-order valence-electron chi connectivity index (χ3n) is 7.78. The van der Waals surface area contributed by atoms with Gasteiger partial charge in [-0.1, -0.05) is 11.6 Å². The summed E-state index contributed by atoms with van der Waals surface area (Å²) in [7, 11) is 4.19. The van der Waals surface area contributed by atoms with Crippen LogP contribution in [0.15, 0.2) is 16.6 Å². The molecule has 1 heterocycles. The maximum absolute atomic E-state index is 6.76. The molecule has 0 radical (unpaired) electrons. The fourth-order valence-corrected chi connectivity index (χ4v) is 6.14. The summed E-state index contributed by atoms with van der Waals surface area (Å²) in [5.74, 6) is 1.86. The summed E-state index contributed by atoms with van der Waals surface area (Å²) in [6, 6.07) is 0. The number of quaternary nitrogens is 1. The predicted octanol–water partition coefficient (Wildman–Crippen LogP) is 4.30. The third-order valence-corrected chi connectivity index (χ3v) is 7.88. The van der Waals surface area contributed by atoms with Crippen LogP contribution in [0.4, 0.5) is 0 Å². The second-order valence-corrected chi connectivity index (χ2v) is 10.1. The van der Waals surface area contributed by atoms with E-state index in [1.54, 1.807) is 5.57 Å². The summed E-state index contributed by atoms with van der Waals surface area (Å²) in [6.45, 7) is 11.3. The zero-order chi connectivity index (χ0) is 19.2. The Balaban J connectivity index is 1.86. The van der Waals surface area contributed by atoms with E-state index in [2.05, 4.69) is 63.2 Å². The first kappa shape index (κ1) is 20.2. The van der Waals surface area contributed by atoms with Crippen molar-refractivity contribution in [2.75, 3.05) is 0 Å². The van der Waals surface area contributed by atoms with Crippen LogP contribution in [0.1, 0.15) is 73.1 Å². The number of nitrogens with two attached hydrogens (primary N) is 1. The van der Waals surface area contributed by atoms with Gasteiger partial charge in [0.25, 0.3) is 0 Å². The summed E-state index contributed by atoms with van der Waals surface area (Å²) in [5, 5.41) is 4.80. The zero-order valence-electron chi connectivity index (χ0n) is 17.2. The van der Waals surface area contributed by atoms with Crippen LogP contribution in [-0.2, 0) is 4.74 Å². The Morgan fingerprint density at radius 3 is 2.65 bits per heavy atom. The predicted molar refractivity (Wildman–Crippen MR) is 110 cm³/mol. The van der Waals surface area contributed by atoms with Crippen molar-refractivity contribution >= 4 is 17.4 Å². The second-order valence-electron chi connectivity index (χ2n) is 9.91. The molecule has 6 atom stereocenters. The van der Waals surface area contributed by atoms with Crippen LogP contribution in [0, 0.1) is 24.8 Å². The smallest absolute Gasteiger partial charge is 0.0915 e. The first-order chi connectivity index (χ1) is 12.1. The molecule has 3 rings (SSSR count). The molecule has 0 aromatic rings. The molecule has 0 amide bonds. The number of nitrogens with zero attached hydrogens (tertiary/aromatic N) is 1. The molecule has 4 heteroatoms. The van der Waals surface area contributed by atoms with Crippen LogP contribution in [0.3, 0.4) is 0 Å². The van der Waals surface area contributed by atoms with Crippen molar-refractivity contribution in [2.24, 2.45) is 22.7 Å². The normalized spacial score (nSPS) is 43.4. The third kappa shape index (κ3) is 3.46. The van der Waals surface area contributed by atoms with Gasteiger partial charge in [0.2, 0.25) is 0 Å². The molecule has 3 nitrogen and oxygen atoms in total. The average Bonchev–Trinajstić information content (AvgIpc) is 2.99. The van der Waals surface area contributed by atoms with E-state index >= 15 is 0 Å². The summed E-state index contributed by atoms with van der Waals surface area (Å²) < 4.78 is 6.76. The Labute approximate surface area is 165 Å². The quantitative estimate of drug-likeness (QED) is 0.344. The van der Waals surface area contributed by atoms with E-state index in [1.165, 1.54) is 25.7 Å². The van der Waals surface area contributed by atoms with Crippen molar-refractivity contribution in [3.63, 3.8) is 0 Å². The summed E-state index contributed by atoms with van der Waals surface area (Å²) in [6.07, 6.45) is 9.82. The minimum atomic E-state index is -0.290. The number of thiocarbonyl (C=S) groups is 1. The van der Waals surface area contributed by atoms with Gasteiger partial charge < -0.3 is 10.1 Å². The van der Waals surface area contributed by atoms with E-state index in [9.17, 15) is 0 Å². The molecule has 0 spiro atoms. The fraction of sp³-hybridized carbons (Fsp3) is 0.818. The Morgan fingerprint density at radius 1 is 1.27 bits per heavy atom. The van der Waals surface area contributed by atoms with Crippen LogP contribution < -0.4 is 5.32 Å². The molecule has 1 saturated heterocycles. The van der Waals surface area contributed by atoms with Gasteiger partial charge >= 0.3 is 0 Å². The van der Waals surface area contributed by atoms with Crippen molar-refractivity contribution in [3.8, 4) is 0 Å². The maximum Gasteiger partial charge on any atom is 0.0915 e. The molecule has 1 saturated carbocycles. The molecule has 0 aromatic carbocycles. The van der Waals surface area contributed by atoms with Gasteiger partial charge in [-0.15, -0.1) is 0 Å². The standard InChI is InChI=1S/C22H36N2OS/c1-15-7-8-17-16(13-15)18(9-11-21(17,4)23-6)22(5)12-10-19(25-22)20(2,3)24-14-26/h13,16-19H,6-12,23H2,1-5H3. The zero-order valence-corrected chi connectivity index (χ0v) is 18.0. The first-order valence-corrected chi connectivity index (χ1v) is 10.6. The molecule has 0 bridgehead atoms. The van der Waals surface area contributed by atoms with Gasteiger partial charge in [-0.2, -0.15) is 7.05 Å². The fourth-order valence-electron chi connectivity index (χ4n) is 5.90. The van der Waals surface area contributed by atoms with Gasteiger partial charge in [0, 0.05) is 12.3 Å². The Hall–Kier alpha value is -0.540. The van der Waals surface area contributed by atoms with E-state index in [4.69, 9.17) is 17.0 Å². The molecule has 1 aliphatic heterocycles. The summed E-state index contributed by atoms with van der Waals surface area (Å²) in [5.41, 5.74) is 1.45. The van der Waals surface area contributed by atoms with Crippen molar-refractivity contribution in [3.05, 3.63) is 18.7 Å². The highest BCUT2D eigenvalue weighted by atomic mass is 32.1. The van der Waals surface area contributed by atoms with Gasteiger partial charge in [-0.3, -0.25) is 0 Å². The first-order valence-electron chi connectivity index (χ1n) is 10.2. The Bertz CT molecular complexity index is 624. The number of rotatable bonds is 4. The van der Waals surface area contributed by atoms with E-state index in [0.29, 0.717) is 17.8 Å². The number of hydrogen-bond donors (Lipinski definition) is 1. The minimum Gasteiger partial charge on any atom is -0.474 e. The highest BCUT2D eigenvalue weighted by Gasteiger charge is 2.55. The molecule has 26 heavy (non-hydrogen) atoms. The lowest BCUT2D eigenvalue weighted by molar-refractivity contribution is -0.687. The molecule has 2 N–H and O–H groups in total. The number of allylic oxidation sites excluding steroid dienone is 2. The van der Waals surface area contributed by atoms with Crippen molar-refractivity contribution < 1.29 is 10.1 Å². The van der Waals surface area contributed by atoms with Crippen LogP contribution >= 0.6 is 12.2 Å². The largest absolute Gasteiger partial charge is 0.474 e. The van der Waals surface area contributed by atoms with Gasteiger partial charge in [0.15, 0.2) is 0 Å². The number of isothiocyanates is 1. The van der Waals surface area contributed by atoms with E-state index in [1.807, 2.05) is 0 Å². The topological polar surface area (TPSA) is 38.2 Å². The Kier molecular flexibility index (Phi) is 5.54. The molecular formula is C22H36N2OS. The molecule has 146 valence electrons. The highest BCUT2D eigenvalue weighted by Crippen LogP contribution is 2.53. The van der Waals surface area contributed by atoms with Crippen LogP contribution in [0.2, 0.25) is 0 Å². The monoisotopic (exact) mass is 376 g/mol. The highest BCUT2D eigenvalue weighted by molar-refractivity contribution is 7.78. The van der Waals surface area contributed by atoms with Crippen molar-refractivity contribution in [1.82, 2.24) is 0 Å². The summed E-state index contributed by atoms with van der Waals surface area (Å²) in [4.78, 5) is 4.39. The summed E-state index contributed by atoms with van der Waals surface area (Å²) >= 11 is 4.86. The molecule has 2 aliphatic carbocycles. The van der Waals surface area contributed by atoms with Gasteiger partial charge in [-0.05, 0) is 90.8 Å². The van der Waals surface area contributed by atoms with E-state index in [0.717, 1.165) is 12.8 Å². The lowest BCUT2D eigenvalue weighted by Gasteiger charge is -2.53.